The van der Waals surface area contributed by atoms with Crippen LogP contribution in [0.5, 0.6) is 0 Å². The number of carbonyl (C=O) groups is 1. The quantitative estimate of drug-likeness (QED) is 0.905. The average Bonchev–Trinajstić information content (AvgIpc) is 2.79. The number of anilines is 1. The highest BCUT2D eigenvalue weighted by molar-refractivity contribution is 9.11. The first-order chi connectivity index (χ1) is 8.49. The Hall–Kier alpha value is -1.34. The normalized spacial score (nSPS) is 10.6. The molecule has 2 heterocycles. The van der Waals surface area contributed by atoms with Crippen molar-refractivity contribution in [2.45, 2.75) is 13.5 Å². The number of halogens is 1. The summed E-state index contributed by atoms with van der Waals surface area (Å²) in [6, 6.07) is 3.96. The monoisotopic (exact) mass is 329 g/mol. The van der Waals surface area contributed by atoms with Crippen molar-refractivity contribution in [1.29, 1.82) is 0 Å². The number of aromatic nitrogens is 2. The molecule has 2 N–H and O–H groups in total. The Balaban J connectivity index is 2.21. The molecule has 2 rings (SSSR count). The predicted molar refractivity (Wildman–Crippen MR) is 74.3 cm³/mol. The van der Waals surface area contributed by atoms with E-state index in [-0.39, 0.29) is 5.56 Å². The Bertz CT molecular complexity index is 591. The molecule has 0 spiro atoms. The molecule has 7 heteroatoms. The lowest BCUT2D eigenvalue weighted by molar-refractivity contribution is 0.0697. The molecule has 0 aliphatic carbocycles. The topological polar surface area (TPSA) is 67.2 Å². The molecule has 18 heavy (non-hydrogen) atoms. The first kappa shape index (κ1) is 13.1. The highest BCUT2D eigenvalue weighted by atomic mass is 79.9. The van der Waals surface area contributed by atoms with Crippen molar-refractivity contribution < 1.29 is 9.90 Å². The van der Waals surface area contributed by atoms with Crippen LogP contribution in [0.2, 0.25) is 0 Å². The van der Waals surface area contributed by atoms with Crippen molar-refractivity contribution >= 4 is 39.1 Å². The summed E-state index contributed by atoms with van der Waals surface area (Å²) in [4.78, 5) is 12.3. The van der Waals surface area contributed by atoms with Gasteiger partial charge in [0.1, 0.15) is 11.4 Å². The average molecular weight is 330 g/mol. The lowest BCUT2D eigenvalue weighted by Gasteiger charge is -2.06. The number of aryl methyl sites for hydroxylation is 2. The Kier molecular flexibility index (Phi) is 3.72. The van der Waals surface area contributed by atoms with Gasteiger partial charge in [0.2, 0.25) is 0 Å². The van der Waals surface area contributed by atoms with Crippen molar-refractivity contribution in [3.63, 3.8) is 0 Å². The molecule has 0 bridgehead atoms. The maximum absolute atomic E-state index is 11.2. The number of thiophene rings is 1. The number of carboxylic acid groups (broad SMARTS) is 1. The molecule has 0 unspecified atom stereocenters. The van der Waals surface area contributed by atoms with Gasteiger partial charge >= 0.3 is 5.97 Å². The van der Waals surface area contributed by atoms with E-state index in [9.17, 15) is 4.79 Å². The number of hydrogen-bond donors (Lipinski definition) is 2. The van der Waals surface area contributed by atoms with E-state index in [2.05, 4.69) is 26.3 Å². The van der Waals surface area contributed by atoms with Gasteiger partial charge in [-0.3, -0.25) is 4.68 Å². The molecule has 0 atom stereocenters. The van der Waals surface area contributed by atoms with Crippen LogP contribution in [0.1, 0.15) is 20.9 Å². The van der Waals surface area contributed by atoms with Crippen LogP contribution in [0.15, 0.2) is 15.9 Å². The van der Waals surface area contributed by atoms with Gasteiger partial charge in [0.15, 0.2) is 0 Å². The molecule has 2 aromatic rings. The molecule has 0 saturated carbocycles. The van der Waals surface area contributed by atoms with Crippen LogP contribution in [0.25, 0.3) is 0 Å². The fraction of sp³-hybridized carbons (Fsp3) is 0.273. The molecule has 0 amide bonds. The molecule has 0 aromatic carbocycles. The third-order valence-electron chi connectivity index (χ3n) is 2.50. The predicted octanol–water partition coefficient (Wildman–Crippen LogP) is 2.86. The van der Waals surface area contributed by atoms with E-state index in [1.54, 1.807) is 30.0 Å². The van der Waals surface area contributed by atoms with E-state index in [0.717, 1.165) is 8.66 Å². The highest BCUT2D eigenvalue weighted by Gasteiger charge is 2.19. The smallest absolute Gasteiger partial charge is 0.341 e. The van der Waals surface area contributed by atoms with Gasteiger partial charge in [-0.1, -0.05) is 0 Å². The third-order valence-corrected chi connectivity index (χ3v) is 4.12. The van der Waals surface area contributed by atoms with Crippen LogP contribution >= 0.6 is 27.3 Å². The Morgan fingerprint density at radius 2 is 2.33 bits per heavy atom. The SMILES string of the molecule is Cc1nn(C)c(NCc2ccc(Br)s2)c1C(=O)O. The van der Waals surface area contributed by atoms with Crippen LogP contribution in [-0.2, 0) is 13.6 Å². The van der Waals surface area contributed by atoms with E-state index in [4.69, 9.17) is 5.11 Å². The zero-order chi connectivity index (χ0) is 13.3. The Morgan fingerprint density at radius 1 is 1.61 bits per heavy atom. The Morgan fingerprint density at radius 3 is 2.89 bits per heavy atom. The fourth-order valence-corrected chi connectivity index (χ4v) is 3.16. The first-order valence-electron chi connectivity index (χ1n) is 5.24. The van der Waals surface area contributed by atoms with Crippen molar-refractivity contribution in [2.24, 2.45) is 7.05 Å². The lowest BCUT2D eigenvalue weighted by Crippen LogP contribution is -2.08. The Labute approximate surface area is 117 Å². The van der Waals surface area contributed by atoms with E-state index >= 15 is 0 Å². The molecule has 0 radical (unpaired) electrons. The minimum Gasteiger partial charge on any atom is -0.477 e. The van der Waals surface area contributed by atoms with Gasteiger partial charge in [-0.15, -0.1) is 11.3 Å². The molecule has 96 valence electrons. The summed E-state index contributed by atoms with van der Waals surface area (Å²) in [5.74, 6) is -0.431. The molecule has 0 aliphatic rings. The van der Waals surface area contributed by atoms with E-state index < -0.39 is 5.97 Å². The summed E-state index contributed by atoms with van der Waals surface area (Å²) in [5.41, 5.74) is 0.744. The van der Waals surface area contributed by atoms with Gasteiger partial charge in [-0.25, -0.2) is 4.79 Å². The summed E-state index contributed by atoms with van der Waals surface area (Å²) in [5, 5.41) is 16.4. The van der Waals surface area contributed by atoms with E-state index in [1.165, 1.54) is 0 Å². The van der Waals surface area contributed by atoms with Gasteiger partial charge in [0, 0.05) is 11.9 Å². The number of nitrogens with one attached hydrogen (secondary N) is 1. The summed E-state index contributed by atoms with van der Waals surface area (Å²) in [6.45, 7) is 2.27. The van der Waals surface area contributed by atoms with Gasteiger partial charge < -0.3 is 10.4 Å². The van der Waals surface area contributed by atoms with Gasteiger partial charge in [-0.2, -0.15) is 5.10 Å². The number of aromatic carboxylic acids is 1. The zero-order valence-corrected chi connectivity index (χ0v) is 12.3. The van der Waals surface area contributed by atoms with Gasteiger partial charge in [0.25, 0.3) is 0 Å². The molecule has 5 nitrogen and oxygen atoms in total. The van der Waals surface area contributed by atoms with Crippen molar-refractivity contribution in [3.05, 3.63) is 32.1 Å². The number of nitrogens with zero attached hydrogens (tertiary/aromatic N) is 2. The van der Waals surface area contributed by atoms with Crippen molar-refractivity contribution in [1.82, 2.24) is 9.78 Å². The fourth-order valence-electron chi connectivity index (χ4n) is 1.73. The standard InChI is InChI=1S/C11H12BrN3O2S/c1-6-9(11(16)17)10(15(2)14-6)13-5-7-3-4-8(12)18-7/h3-4,13H,5H2,1-2H3,(H,16,17). The minimum absolute atomic E-state index is 0.230. The molecular formula is C11H12BrN3O2S. The van der Waals surface area contributed by atoms with Crippen LogP contribution in [-0.4, -0.2) is 20.9 Å². The maximum atomic E-state index is 11.2. The second-order valence-electron chi connectivity index (χ2n) is 3.80. The summed E-state index contributed by atoms with van der Waals surface area (Å²) in [6.07, 6.45) is 0. The van der Waals surface area contributed by atoms with Gasteiger partial charge in [-0.05, 0) is 35.0 Å². The van der Waals surface area contributed by atoms with Crippen molar-refractivity contribution in [3.8, 4) is 0 Å². The largest absolute Gasteiger partial charge is 0.477 e. The van der Waals surface area contributed by atoms with Crippen LogP contribution in [0.4, 0.5) is 5.82 Å². The maximum Gasteiger partial charge on any atom is 0.341 e. The van der Waals surface area contributed by atoms with Crippen LogP contribution in [0.3, 0.4) is 0 Å². The van der Waals surface area contributed by atoms with Crippen molar-refractivity contribution in [2.75, 3.05) is 5.32 Å². The minimum atomic E-state index is -0.963. The molecular weight excluding hydrogens is 318 g/mol. The highest BCUT2D eigenvalue weighted by Crippen LogP contribution is 2.24. The van der Waals surface area contributed by atoms with Crippen LogP contribution in [0, 0.1) is 6.92 Å². The van der Waals surface area contributed by atoms with Gasteiger partial charge in [0.05, 0.1) is 16.0 Å². The molecule has 0 fully saturated rings. The number of hydrogen-bond acceptors (Lipinski definition) is 4. The lowest BCUT2D eigenvalue weighted by atomic mass is 10.2. The summed E-state index contributed by atoms with van der Waals surface area (Å²) < 4.78 is 2.61. The van der Waals surface area contributed by atoms with E-state index in [0.29, 0.717) is 18.1 Å². The second kappa shape index (κ2) is 5.11. The number of carboxylic acids is 1. The van der Waals surface area contributed by atoms with E-state index in [1.807, 2.05) is 12.1 Å². The third kappa shape index (κ3) is 2.56. The number of rotatable bonds is 4. The molecule has 0 saturated heterocycles. The summed E-state index contributed by atoms with van der Waals surface area (Å²) in [7, 11) is 1.73. The summed E-state index contributed by atoms with van der Waals surface area (Å²) >= 11 is 5.00. The van der Waals surface area contributed by atoms with Crippen LogP contribution < -0.4 is 5.32 Å². The zero-order valence-electron chi connectivity index (χ0n) is 9.90. The molecule has 0 aliphatic heterocycles. The first-order valence-corrected chi connectivity index (χ1v) is 6.85. The molecule has 2 aromatic heterocycles. The second-order valence-corrected chi connectivity index (χ2v) is 6.34.